The molecule has 35 heavy (non-hydrogen) atoms. The molecular formula is C27H29N7O. The average molecular weight is 468 g/mol. The normalized spacial score (nSPS) is 15.1. The molecule has 2 aliphatic heterocycles. The van der Waals surface area contributed by atoms with Crippen LogP contribution in [0, 0.1) is 6.92 Å². The fourth-order valence-electron chi connectivity index (χ4n) is 4.98. The number of likely N-dealkylation sites (N-methyl/N-ethyl adjacent to an activating group) is 1. The Morgan fingerprint density at radius 3 is 2.94 bits per heavy atom. The lowest BCUT2D eigenvalue weighted by Crippen LogP contribution is -2.30. The molecule has 178 valence electrons. The summed E-state index contributed by atoms with van der Waals surface area (Å²) < 4.78 is 5.68. The topological polar surface area (TPSA) is 101 Å². The molecule has 2 aromatic carbocycles. The third-order valence-electron chi connectivity index (χ3n) is 6.99. The van der Waals surface area contributed by atoms with Crippen molar-refractivity contribution >= 4 is 33.9 Å². The van der Waals surface area contributed by atoms with Crippen LogP contribution in [0.4, 0.5) is 23.0 Å². The summed E-state index contributed by atoms with van der Waals surface area (Å²) in [5.74, 6) is 1.19. The number of anilines is 4. The van der Waals surface area contributed by atoms with Crippen molar-refractivity contribution in [2.45, 2.75) is 26.8 Å². The van der Waals surface area contributed by atoms with E-state index >= 15 is 0 Å². The smallest absolute Gasteiger partial charge is 0.237 e. The molecule has 0 unspecified atom stereocenters. The van der Waals surface area contributed by atoms with Gasteiger partial charge in [0.05, 0.1) is 5.52 Å². The maximum atomic E-state index is 6.42. The van der Waals surface area contributed by atoms with E-state index in [1.165, 1.54) is 11.1 Å². The van der Waals surface area contributed by atoms with Gasteiger partial charge in [-0.25, -0.2) is 15.0 Å². The van der Waals surface area contributed by atoms with Gasteiger partial charge in [-0.3, -0.25) is 4.90 Å². The number of pyridine rings is 1. The van der Waals surface area contributed by atoms with Crippen LogP contribution in [0.3, 0.4) is 0 Å². The number of nitrogen functional groups attached to an aromatic ring is 1. The number of benzene rings is 2. The highest BCUT2D eigenvalue weighted by molar-refractivity contribution is 5.95. The van der Waals surface area contributed by atoms with Gasteiger partial charge in [0.25, 0.3) is 0 Å². The van der Waals surface area contributed by atoms with Crippen LogP contribution in [-0.2, 0) is 13.0 Å². The highest BCUT2D eigenvalue weighted by atomic mass is 16.5. The van der Waals surface area contributed by atoms with E-state index in [1.54, 1.807) is 6.20 Å². The van der Waals surface area contributed by atoms with Crippen LogP contribution >= 0.6 is 0 Å². The third kappa shape index (κ3) is 4.00. The maximum Gasteiger partial charge on any atom is 0.237 e. The van der Waals surface area contributed by atoms with Crippen molar-refractivity contribution in [3.05, 3.63) is 59.4 Å². The molecule has 0 saturated heterocycles. The van der Waals surface area contributed by atoms with Crippen LogP contribution in [-0.4, -0.2) is 46.1 Å². The fourth-order valence-corrected chi connectivity index (χ4v) is 4.98. The molecule has 6 rings (SSSR count). The van der Waals surface area contributed by atoms with E-state index in [4.69, 9.17) is 15.5 Å². The minimum absolute atomic E-state index is 0.549. The second kappa shape index (κ2) is 8.70. The first-order valence-corrected chi connectivity index (χ1v) is 12.1. The van der Waals surface area contributed by atoms with Crippen LogP contribution < -0.4 is 21.1 Å². The highest BCUT2D eigenvalue weighted by Crippen LogP contribution is 2.37. The van der Waals surface area contributed by atoms with E-state index in [0.717, 1.165) is 71.6 Å². The van der Waals surface area contributed by atoms with Crippen molar-refractivity contribution in [3.8, 4) is 17.0 Å². The SMILES string of the molecule is CCN1CCc2ccc(Nc3ncc4c(N)cc(-c5cnc6c(c5C)NCCO6)cc4n3)cc2C1. The molecule has 4 aromatic rings. The Bertz CT molecular complexity index is 1440. The molecular weight excluding hydrogens is 438 g/mol. The summed E-state index contributed by atoms with van der Waals surface area (Å²) in [7, 11) is 0. The maximum absolute atomic E-state index is 6.42. The van der Waals surface area contributed by atoms with Crippen molar-refractivity contribution in [1.82, 2.24) is 19.9 Å². The van der Waals surface area contributed by atoms with Gasteiger partial charge < -0.3 is 21.1 Å². The molecule has 2 aliphatic rings. The van der Waals surface area contributed by atoms with E-state index < -0.39 is 0 Å². The summed E-state index contributed by atoms with van der Waals surface area (Å²) in [5.41, 5.74) is 15.6. The van der Waals surface area contributed by atoms with E-state index in [0.29, 0.717) is 24.1 Å². The fraction of sp³-hybridized carbons (Fsp3) is 0.296. The molecule has 0 radical (unpaired) electrons. The molecule has 0 atom stereocenters. The zero-order valence-electron chi connectivity index (χ0n) is 20.1. The number of aromatic nitrogens is 3. The van der Waals surface area contributed by atoms with E-state index in [1.807, 2.05) is 18.3 Å². The number of nitrogens with two attached hydrogens (primary N) is 1. The average Bonchev–Trinajstić information content (AvgIpc) is 2.88. The van der Waals surface area contributed by atoms with Gasteiger partial charge in [-0.15, -0.1) is 0 Å². The second-order valence-electron chi connectivity index (χ2n) is 9.17. The lowest BCUT2D eigenvalue weighted by Gasteiger charge is -2.27. The second-order valence-corrected chi connectivity index (χ2v) is 9.17. The van der Waals surface area contributed by atoms with Crippen molar-refractivity contribution in [3.63, 3.8) is 0 Å². The monoisotopic (exact) mass is 467 g/mol. The first-order valence-electron chi connectivity index (χ1n) is 12.1. The number of ether oxygens (including phenoxy) is 1. The van der Waals surface area contributed by atoms with Gasteiger partial charge in [0, 0.05) is 54.4 Å². The largest absolute Gasteiger partial charge is 0.474 e. The van der Waals surface area contributed by atoms with Gasteiger partial charge in [0.1, 0.15) is 12.3 Å². The first kappa shape index (κ1) is 21.6. The lowest BCUT2D eigenvalue weighted by atomic mass is 9.99. The van der Waals surface area contributed by atoms with Crippen molar-refractivity contribution in [2.75, 3.05) is 42.6 Å². The molecule has 4 heterocycles. The summed E-state index contributed by atoms with van der Waals surface area (Å²) in [6, 6.07) is 10.5. The van der Waals surface area contributed by atoms with Crippen LogP contribution in [0.15, 0.2) is 42.7 Å². The molecule has 8 nitrogen and oxygen atoms in total. The quantitative estimate of drug-likeness (QED) is 0.377. The van der Waals surface area contributed by atoms with Crippen molar-refractivity contribution in [1.29, 1.82) is 0 Å². The Morgan fingerprint density at radius 2 is 2.06 bits per heavy atom. The van der Waals surface area contributed by atoms with Gasteiger partial charge in [-0.2, -0.15) is 0 Å². The zero-order valence-corrected chi connectivity index (χ0v) is 20.1. The number of nitrogens with zero attached hydrogens (tertiary/aromatic N) is 4. The van der Waals surface area contributed by atoms with Crippen LogP contribution in [0.5, 0.6) is 5.88 Å². The summed E-state index contributed by atoms with van der Waals surface area (Å²) in [6.45, 7) is 8.83. The summed E-state index contributed by atoms with van der Waals surface area (Å²) in [4.78, 5) is 16.3. The third-order valence-corrected chi connectivity index (χ3v) is 6.99. The van der Waals surface area contributed by atoms with Crippen molar-refractivity contribution < 1.29 is 4.74 Å². The van der Waals surface area contributed by atoms with E-state index in [-0.39, 0.29) is 0 Å². The Morgan fingerprint density at radius 1 is 1.14 bits per heavy atom. The lowest BCUT2D eigenvalue weighted by molar-refractivity contribution is 0.268. The van der Waals surface area contributed by atoms with Crippen LogP contribution in [0.1, 0.15) is 23.6 Å². The molecule has 8 heteroatoms. The van der Waals surface area contributed by atoms with Gasteiger partial charge in [0.15, 0.2) is 0 Å². The van der Waals surface area contributed by atoms with Gasteiger partial charge >= 0.3 is 0 Å². The highest BCUT2D eigenvalue weighted by Gasteiger charge is 2.19. The van der Waals surface area contributed by atoms with Crippen molar-refractivity contribution in [2.24, 2.45) is 0 Å². The zero-order chi connectivity index (χ0) is 23.9. The predicted octanol–water partition coefficient (Wildman–Crippen LogP) is 4.51. The van der Waals surface area contributed by atoms with Crippen LogP contribution in [0.25, 0.3) is 22.0 Å². The van der Waals surface area contributed by atoms with Gasteiger partial charge in [-0.05, 0) is 66.4 Å². The summed E-state index contributed by atoms with van der Waals surface area (Å²) in [6.07, 6.45) is 4.72. The van der Waals surface area contributed by atoms with E-state index in [2.05, 4.69) is 57.5 Å². The number of hydrogen-bond donors (Lipinski definition) is 3. The molecule has 2 aromatic heterocycles. The predicted molar refractivity (Wildman–Crippen MR) is 140 cm³/mol. The molecule has 0 bridgehead atoms. The van der Waals surface area contributed by atoms with Gasteiger partial charge in [0.2, 0.25) is 11.8 Å². The van der Waals surface area contributed by atoms with E-state index in [9.17, 15) is 0 Å². The summed E-state index contributed by atoms with van der Waals surface area (Å²) in [5, 5.41) is 7.62. The first-order chi connectivity index (χ1) is 17.1. The van der Waals surface area contributed by atoms with Gasteiger partial charge in [-0.1, -0.05) is 13.0 Å². The molecule has 0 amide bonds. The molecule has 0 saturated carbocycles. The number of fused-ring (bicyclic) bond motifs is 3. The molecule has 0 spiro atoms. The molecule has 0 fully saturated rings. The Hall–Kier alpha value is -3.91. The number of hydrogen-bond acceptors (Lipinski definition) is 8. The van der Waals surface area contributed by atoms with Crippen LogP contribution in [0.2, 0.25) is 0 Å². The Kier molecular flexibility index (Phi) is 5.37. The molecule has 0 aliphatic carbocycles. The molecule has 4 N–H and O–H groups in total. The number of nitrogens with one attached hydrogen (secondary N) is 2. The minimum Gasteiger partial charge on any atom is -0.474 e. The Balaban J connectivity index is 1.34. The summed E-state index contributed by atoms with van der Waals surface area (Å²) >= 11 is 0. The minimum atomic E-state index is 0.549. The standard InChI is InChI=1S/C27H29N7O/c1-3-34-8-6-17-4-5-20(10-19(17)15-34)32-27-31-14-22-23(28)11-18(12-24(22)33-27)21-13-30-26-25(16(21)2)29-7-9-35-26/h4-5,10-14,29H,3,6-9,15,28H2,1-2H3,(H,31,32,33). The Labute approximate surface area is 204 Å². The number of rotatable bonds is 4.